The minimum absolute atomic E-state index is 0.0297. The third kappa shape index (κ3) is 6.79. The summed E-state index contributed by atoms with van der Waals surface area (Å²) in [6, 6.07) is 14.0. The molecule has 0 N–H and O–H groups in total. The predicted molar refractivity (Wildman–Crippen MR) is 149 cm³/mol. The van der Waals surface area contributed by atoms with Crippen LogP contribution in [0.4, 0.5) is 0 Å². The zero-order valence-electron chi connectivity index (χ0n) is 23.4. The number of benzene rings is 1. The Kier molecular flexibility index (Phi) is 8.50. The largest absolute Gasteiger partial charge is 0.489 e. The molecule has 0 aliphatic carbocycles. The lowest BCUT2D eigenvalue weighted by atomic mass is 9.88. The van der Waals surface area contributed by atoms with Gasteiger partial charge in [-0.1, -0.05) is 44.1 Å². The minimum atomic E-state index is -0.0344. The van der Waals surface area contributed by atoms with Crippen LogP contribution in [0.15, 0.2) is 53.2 Å². The van der Waals surface area contributed by atoms with Gasteiger partial charge in [0, 0.05) is 49.9 Å². The van der Waals surface area contributed by atoms with Gasteiger partial charge in [0.05, 0.1) is 6.61 Å². The molecule has 0 bridgehead atoms. The molecule has 8 heteroatoms. The third-order valence-electron chi connectivity index (χ3n) is 7.74. The van der Waals surface area contributed by atoms with E-state index < -0.39 is 0 Å². The molecule has 3 aromatic rings. The highest BCUT2D eigenvalue weighted by molar-refractivity contribution is 5.92. The van der Waals surface area contributed by atoms with Gasteiger partial charge in [-0.05, 0) is 62.3 Å². The van der Waals surface area contributed by atoms with E-state index in [9.17, 15) is 4.79 Å². The molecule has 8 nitrogen and oxygen atoms in total. The van der Waals surface area contributed by atoms with Crippen molar-refractivity contribution in [2.24, 2.45) is 5.41 Å². The summed E-state index contributed by atoms with van der Waals surface area (Å²) in [5.41, 5.74) is 1.50. The van der Waals surface area contributed by atoms with Crippen molar-refractivity contribution in [1.29, 1.82) is 0 Å². The van der Waals surface area contributed by atoms with Gasteiger partial charge in [0.2, 0.25) is 5.88 Å². The fourth-order valence-corrected chi connectivity index (χ4v) is 5.48. The number of carbonyl (C=O) groups is 1. The van der Waals surface area contributed by atoms with Crippen molar-refractivity contribution in [1.82, 2.24) is 19.9 Å². The zero-order valence-corrected chi connectivity index (χ0v) is 23.4. The molecule has 1 aromatic carbocycles. The van der Waals surface area contributed by atoms with Crippen LogP contribution in [0.3, 0.4) is 0 Å². The van der Waals surface area contributed by atoms with E-state index in [1.165, 1.54) is 0 Å². The predicted octanol–water partition coefficient (Wildman–Crippen LogP) is 6.12. The molecule has 1 fully saturated rings. The molecule has 2 aliphatic heterocycles. The number of hydrogen-bond donors (Lipinski definition) is 0. The Morgan fingerprint density at radius 2 is 1.87 bits per heavy atom. The molecule has 0 atom stereocenters. The first kappa shape index (κ1) is 27.2. The number of amides is 1. The van der Waals surface area contributed by atoms with E-state index in [1.807, 2.05) is 35.2 Å². The number of pyridine rings is 1. The van der Waals surface area contributed by atoms with Crippen LogP contribution in [0.1, 0.15) is 74.7 Å². The van der Waals surface area contributed by atoms with Gasteiger partial charge >= 0.3 is 0 Å². The minimum Gasteiger partial charge on any atom is -0.489 e. The first-order valence-corrected chi connectivity index (χ1v) is 14.2. The molecule has 0 radical (unpaired) electrons. The second-order valence-electron chi connectivity index (χ2n) is 11.5. The Morgan fingerprint density at radius 3 is 2.67 bits per heavy atom. The van der Waals surface area contributed by atoms with E-state index in [0.717, 1.165) is 68.7 Å². The summed E-state index contributed by atoms with van der Waals surface area (Å²) in [6.45, 7) is 10.3. The monoisotopic (exact) mass is 532 g/mol. The van der Waals surface area contributed by atoms with Crippen molar-refractivity contribution >= 4 is 5.91 Å². The second-order valence-corrected chi connectivity index (χ2v) is 11.5. The SMILES string of the molecule is CCCc1cc(C(=O)N2CCC(N3CCCC(C)(C)COc4ccccc4Oc4ncccc4C3)CC2)no1. The van der Waals surface area contributed by atoms with Gasteiger partial charge in [0.25, 0.3) is 5.91 Å². The summed E-state index contributed by atoms with van der Waals surface area (Å²) in [6.07, 6.45) is 7.47. The highest BCUT2D eigenvalue weighted by Gasteiger charge is 2.30. The third-order valence-corrected chi connectivity index (χ3v) is 7.74. The molecule has 2 aromatic heterocycles. The molecule has 1 saturated heterocycles. The fourth-order valence-electron chi connectivity index (χ4n) is 5.48. The maximum absolute atomic E-state index is 13.1. The molecule has 39 heavy (non-hydrogen) atoms. The van der Waals surface area contributed by atoms with Gasteiger partial charge in [-0.25, -0.2) is 4.98 Å². The topological polar surface area (TPSA) is 80.9 Å². The lowest BCUT2D eigenvalue weighted by molar-refractivity contribution is 0.0585. The number of ether oxygens (including phenoxy) is 2. The molecule has 0 saturated carbocycles. The second kappa shape index (κ2) is 12.2. The van der Waals surface area contributed by atoms with E-state index in [4.69, 9.17) is 14.0 Å². The molecule has 0 spiro atoms. The van der Waals surface area contributed by atoms with Gasteiger partial charge in [-0.3, -0.25) is 9.69 Å². The molecular formula is C31H40N4O4. The summed E-state index contributed by atoms with van der Waals surface area (Å²) in [5, 5.41) is 4.03. The van der Waals surface area contributed by atoms with E-state index >= 15 is 0 Å². The highest BCUT2D eigenvalue weighted by Crippen LogP contribution is 2.35. The summed E-state index contributed by atoms with van der Waals surface area (Å²) in [4.78, 5) is 22.1. The van der Waals surface area contributed by atoms with Crippen LogP contribution in [0.5, 0.6) is 17.4 Å². The highest BCUT2D eigenvalue weighted by atomic mass is 16.5. The number of rotatable bonds is 4. The van der Waals surface area contributed by atoms with Crippen LogP contribution in [0.25, 0.3) is 0 Å². The van der Waals surface area contributed by atoms with Crippen LogP contribution in [-0.2, 0) is 13.0 Å². The smallest absolute Gasteiger partial charge is 0.276 e. The normalized spacial score (nSPS) is 18.9. The van der Waals surface area contributed by atoms with E-state index in [-0.39, 0.29) is 11.3 Å². The van der Waals surface area contributed by atoms with Crippen LogP contribution >= 0.6 is 0 Å². The summed E-state index contributed by atoms with van der Waals surface area (Å²) in [7, 11) is 0. The molecule has 5 rings (SSSR count). The number of carbonyl (C=O) groups excluding carboxylic acids is 1. The van der Waals surface area contributed by atoms with Crippen molar-refractivity contribution in [2.75, 3.05) is 26.2 Å². The summed E-state index contributed by atoms with van der Waals surface area (Å²) >= 11 is 0. The summed E-state index contributed by atoms with van der Waals surface area (Å²) in [5.74, 6) is 2.77. The Labute approximate surface area is 231 Å². The number of fused-ring (bicyclic) bond motifs is 2. The number of para-hydroxylation sites is 2. The average molecular weight is 533 g/mol. The van der Waals surface area contributed by atoms with E-state index in [0.29, 0.717) is 43.1 Å². The number of aromatic nitrogens is 2. The maximum atomic E-state index is 13.1. The Balaban J connectivity index is 1.32. The Morgan fingerprint density at radius 1 is 1.08 bits per heavy atom. The summed E-state index contributed by atoms with van der Waals surface area (Å²) < 4.78 is 17.9. The molecule has 1 amide bonds. The van der Waals surface area contributed by atoms with E-state index in [2.05, 4.69) is 41.9 Å². The molecular weight excluding hydrogens is 492 g/mol. The van der Waals surface area contributed by atoms with Crippen molar-refractivity contribution < 1.29 is 18.8 Å². The van der Waals surface area contributed by atoms with Crippen molar-refractivity contribution in [3.63, 3.8) is 0 Å². The number of piperidine rings is 1. The maximum Gasteiger partial charge on any atom is 0.276 e. The lowest BCUT2D eigenvalue weighted by Crippen LogP contribution is -2.47. The quantitative estimate of drug-likeness (QED) is 0.400. The van der Waals surface area contributed by atoms with Gasteiger partial charge in [0.1, 0.15) is 5.76 Å². The van der Waals surface area contributed by atoms with Gasteiger partial charge < -0.3 is 18.9 Å². The van der Waals surface area contributed by atoms with Crippen LogP contribution in [0.2, 0.25) is 0 Å². The first-order chi connectivity index (χ1) is 18.9. The number of hydrogen-bond acceptors (Lipinski definition) is 7. The van der Waals surface area contributed by atoms with Crippen molar-refractivity contribution in [3.8, 4) is 17.4 Å². The van der Waals surface area contributed by atoms with Gasteiger partial charge in [-0.15, -0.1) is 0 Å². The van der Waals surface area contributed by atoms with Crippen molar-refractivity contribution in [2.45, 2.75) is 71.9 Å². The fraction of sp³-hybridized carbons (Fsp3) is 0.516. The standard InChI is InChI=1S/C31H40N4O4/c1-4-9-25-20-26(33-39-25)30(36)34-18-13-24(14-19-34)35-17-8-15-31(2,3)22-37-27-11-5-6-12-28(27)38-29-23(21-35)10-7-16-32-29/h5-7,10-12,16,20,24H,4,8-9,13-15,17-19,21-22H2,1-3H3. The lowest BCUT2D eigenvalue weighted by Gasteiger charge is -2.39. The molecule has 2 aliphatic rings. The average Bonchev–Trinajstić information content (AvgIpc) is 3.41. The van der Waals surface area contributed by atoms with Crippen molar-refractivity contribution in [3.05, 3.63) is 65.7 Å². The van der Waals surface area contributed by atoms with E-state index in [1.54, 1.807) is 12.3 Å². The molecule has 0 unspecified atom stereocenters. The zero-order chi connectivity index (χ0) is 27.2. The van der Waals surface area contributed by atoms with Gasteiger partial charge in [-0.2, -0.15) is 0 Å². The number of likely N-dealkylation sites (tertiary alicyclic amines) is 1. The molecule has 208 valence electrons. The van der Waals surface area contributed by atoms with Crippen LogP contribution in [0, 0.1) is 5.41 Å². The molecule has 4 heterocycles. The number of aryl methyl sites for hydroxylation is 1. The Bertz CT molecular complexity index is 1250. The van der Waals surface area contributed by atoms with Gasteiger partial charge in [0.15, 0.2) is 17.2 Å². The van der Waals surface area contributed by atoms with Crippen LogP contribution < -0.4 is 9.47 Å². The first-order valence-electron chi connectivity index (χ1n) is 14.2. The van der Waals surface area contributed by atoms with Crippen LogP contribution in [-0.4, -0.2) is 58.1 Å². The Hall–Kier alpha value is -3.39. The number of nitrogens with zero attached hydrogens (tertiary/aromatic N) is 4.